The number of rotatable bonds is 6. The molecule has 1 aromatic heterocycles. The van der Waals surface area contributed by atoms with E-state index in [1.54, 1.807) is 0 Å². The molecule has 0 fully saturated rings. The van der Waals surface area contributed by atoms with E-state index in [1.807, 2.05) is 67.1 Å². The van der Waals surface area contributed by atoms with Crippen LogP contribution in [-0.2, 0) is 11.8 Å². The Balaban J connectivity index is 1.73. The lowest BCUT2D eigenvalue weighted by Crippen LogP contribution is -2.25. The van der Waals surface area contributed by atoms with E-state index in [9.17, 15) is 4.79 Å². The zero-order valence-electron chi connectivity index (χ0n) is 15.0. The Kier molecular flexibility index (Phi) is 6.18. The predicted octanol–water partition coefficient (Wildman–Crippen LogP) is 4.34. The van der Waals surface area contributed by atoms with Crippen LogP contribution in [0.4, 0.5) is 11.4 Å². The molecule has 3 N–H and O–H groups in total. The summed E-state index contributed by atoms with van der Waals surface area (Å²) in [6.07, 6.45) is 0.678. The number of nitrogen functional groups attached to an aromatic ring is 1. The number of aromatic nitrogens is 3. The summed E-state index contributed by atoms with van der Waals surface area (Å²) in [4.78, 5) is 12.6. The Hall–Kier alpha value is -2.32. The highest BCUT2D eigenvalue weighted by atomic mass is 79.9. The number of benzene rings is 2. The van der Waals surface area contributed by atoms with Crippen molar-refractivity contribution < 1.29 is 4.79 Å². The van der Waals surface area contributed by atoms with Crippen LogP contribution in [0.1, 0.15) is 13.3 Å². The molecule has 0 aliphatic rings. The van der Waals surface area contributed by atoms with Crippen LogP contribution in [0.5, 0.6) is 0 Å². The van der Waals surface area contributed by atoms with Gasteiger partial charge in [-0.25, -0.2) is 0 Å². The summed E-state index contributed by atoms with van der Waals surface area (Å²) in [5.74, 6) is 0.683. The minimum atomic E-state index is -0.268. The Morgan fingerprint density at radius 1 is 1.19 bits per heavy atom. The highest BCUT2D eigenvalue weighted by Crippen LogP contribution is 2.28. The zero-order chi connectivity index (χ0) is 19.4. The first-order chi connectivity index (χ1) is 13.0. The first kappa shape index (κ1) is 19.4. The van der Waals surface area contributed by atoms with Crippen molar-refractivity contribution in [2.24, 2.45) is 7.05 Å². The van der Waals surface area contributed by atoms with E-state index < -0.39 is 0 Å². The number of anilines is 2. The Bertz CT molecular complexity index is 924. The smallest absolute Gasteiger partial charge is 0.237 e. The van der Waals surface area contributed by atoms with E-state index >= 15 is 0 Å². The monoisotopic (exact) mass is 445 g/mol. The first-order valence-electron chi connectivity index (χ1n) is 8.46. The molecule has 6 nitrogen and oxygen atoms in total. The van der Waals surface area contributed by atoms with Gasteiger partial charge in [-0.3, -0.25) is 4.79 Å². The number of hydrogen-bond acceptors (Lipinski definition) is 5. The number of nitrogens with two attached hydrogens (primary N) is 1. The fourth-order valence-electron chi connectivity index (χ4n) is 2.51. The van der Waals surface area contributed by atoms with Gasteiger partial charge in [0.1, 0.15) is 0 Å². The van der Waals surface area contributed by atoms with Crippen molar-refractivity contribution in [3.63, 3.8) is 0 Å². The van der Waals surface area contributed by atoms with E-state index in [4.69, 9.17) is 5.73 Å². The van der Waals surface area contributed by atoms with Gasteiger partial charge in [0.2, 0.25) is 5.91 Å². The maximum atomic E-state index is 12.6. The molecular weight excluding hydrogens is 426 g/mol. The summed E-state index contributed by atoms with van der Waals surface area (Å²) in [6, 6.07) is 15.0. The molecule has 0 aliphatic carbocycles. The largest absolute Gasteiger partial charge is 0.399 e. The Morgan fingerprint density at radius 3 is 2.48 bits per heavy atom. The fraction of sp³-hybridized carbons (Fsp3) is 0.211. The molecule has 1 heterocycles. The predicted molar refractivity (Wildman–Crippen MR) is 114 cm³/mol. The molecule has 140 valence electrons. The van der Waals surface area contributed by atoms with Crippen LogP contribution in [0.25, 0.3) is 11.4 Å². The summed E-state index contributed by atoms with van der Waals surface area (Å²) in [7, 11) is 1.90. The number of halogens is 1. The maximum Gasteiger partial charge on any atom is 0.237 e. The highest BCUT2D eigenvalue weighted by Gasteiger charge is 2.22. The number of carbonyl (C=O) groups is 1. The van der Waals surface area contributed by atoms with Gasteiger partial charge >= 0.3 is 0 Å². The van der Waals surface area contributed by atoms with Crippen molar-refractivity contribution in [3.8, 4) is 11.4 Å². The molecule has 27 heavy (non-hydrogen) atoms. The Labute approximate surface area is 170 Å². The van der Waals surface area contributed by atoms with Gasteiger partial charge in [-0.05, 0) is 55.0 Å². The molecule has 3 rings (SSSR count). The molecule has 0 saturated carbocycles. The normalized spacial score (nSPS) is 12.0. The fourth-order valence-corrected chi connectivity index (χ4v) is 3.69. The van der Waals surface area contributed by atoms with Crippen LogP contribution in [0.2, 0.25) is 0 Å². The summed E-state index contributed by atoms with van der Waals surface area (Å²) in [5.41, 5.74) is 8.14. The summed E-state index contributed by atoms with van der Waals surface area (Å²) in [6.45, 7) is 1.98. The molecule has 0 aliphatic heterocycles. The van der Waals surface area contributed by atoms with Crippen molar-refractivity contribution >= 4 is 45.0 Å². The van der Waals surface area contributed by atoms with Gasteiger partial charge in [0, 0.05) is 28.5 Å². The van der Waals surface area contributed by atoms with Crippen molar-refractivity contribution in [3.05, 3.63) is 53.0 Å². The highest BCUT2D eigenvalue weighted by molar-refractivity contribution is 9.10. The van der Waals surface area contributed by atoms with Gasteiger partial charge in [0.05, 0.1) is 5.25 Å². The molecule has 3 aromatic rings. The molecule has 1 amide bonds. The van der Waals surface area contributed by atoms with Gasteiger partial charge in [-0.1, -0.05) is 34.6 Å². The molecule has 0 radical (unpaired) electrons. The Morgan fingerprint density at radius 2 is 1.85 bits per heavy atom. The number of hydrogen-bond donors (Lipinski definition) is 2. The minimum Gasteiger partial charge on any atom is -0.399 e. The lowest BCUT2D eigenvalue weighted by Gasteiger charge is -2.14. The van der Waals surface area contributed by atoms with E-state index in [1.165, 1.54) is 11.8 Å². The van der Waals surface area contributed by atoms with Crippen molar-refractivity contribution in [1.29, 1.82) is 0 Å². The van der Waals surface area contributed by atoms with Gasteiger partial charge in [0.15, 0.2) is 11.0 Å². The van der Waals surface area contributed by atoms with Gasteiger partial charge in [-0.15, -0.1) is 10.2 Å². The number of thioether (sulfide) groups is 1. The van der Waals surface area contributed by atoms with Crippen LogP contribution in [0.3, 0.4) is 0 Å². The third kappa shape index (κ3) is 4.70. The average Bonchev–Trinajstić information content (AvgIpc) is 3.02. The van der Waals surface area contributed by atoms with Crippen LogP contribution in [-0.4, -0.2) is 25.9 Å². The molecule has 0 spiro atoms. The number of carbonyl (C=O) groups excluding carboxylic acids is 1. The van der Waals surface area contributed by atoms with Crippen molar-refractivity contribution in [2.75, 3.05) is 11.1 Å². The lowest BCUT2D eigenvalue weighted by atomic mass is 10.2. The summed E-state index contributed by atoms with van der Waals surface area (Å²) >= 11 is 4.80. The molecule has 1 atom stereocenters. The topological polar surface area (TPSA) is 85.8 Å². The quantitative estimate of drug-likeness (QED) is 0.435. The van der Waals surface area contributed by atoms with Gasteiger partial charge in [-0.2, -0.15) is 0 Å². The standard InChI is InChI=1S/C19H20BrN5OS/c1-3-16(18(26)22-15-10-6-13(20)7-11-15)27-19-24-23-17(25(19)2)12-4-8-14(21)9-5-12/h4-11,16H,3,21H2,1-2H3,(H,22,26)/t16-/m1/s1. The minimum absolute atomic E-state index is 0.0538. The summed E-state index contributed by atoms with van der Waals surface area (Å²) < 4.78 is 2.86. The molecule has 2 aromatic carbocycles. The van der Waals surface area contributed by atoms with Crippen LogP contribution < -0.4 is 11.1 Å². The second kappa shape index (κ2) is 8.58. The second-order valence-electron chi connectivity index (χ2n) is 6.00. The van der Waals surface area contributed by atoms with Gasteiger partial charge in [0.25, 0.3) is 0 Å². The van der Waals surface area contributed by atoms with Crippen molar-refractivity contribution in [2.45, 2.75) is 23.8 Å². The molecular formula is C19H20BrN5OS. The van der Waals surface area contributed by atoms with Crippen LogP contribution in [0.15, 0.2) is 58.2 Å². The van der Waals surface area contributed by atoms with E-state index in [0.717, 1.165) is 21.5 Å². The molecule has 8 heteroatoms. The van der Waals surface area contributed by atoms with Crippen LogP contribution in [0, 0.1) is 0 Å². The third-order valence-electron chi connectivity index (χ3n) is 4.03. The number of amides is 1. The molecule has 0 bridgehead atoms. The number of nitrogens with one attached hydrogen (secondary N) is 1. The van der Waals surface area contributed by atoms with Crippen molar-refractivity contribution in [1.82, 2.24) is 14.8 Å². The third-order valence-corrected chi connectivity index (χ3v) is 5.95. The molecule has 0 unspecified atom stereocenters. The van der Waals surface area contributed by atoms with Gasteiger partial charge < -0.3 is 15.6 Å². The van der Waals surface area contributed by atoms with E-state index in [0.29, 0.717) is 17.3 Å². The lowest BCUT2D eigenvalue weighted by molar-refractivity contribution is -0.115. The van der Waals surface area contributed by atoms with Crippen LogP contribution >= 0.6 is 27.7 Å². The average molecular weight is 446 g/mol. The second-order valence-corrected chi connectivity index (χ2v) is 8.08. The van der Waals surface area contributed by atoms with E-state index in [-0.39, 0.29) is 11.2 Å². The van der Waals surface area contributed by atoms with E-state index in [2.05, 4.69) is 31.4 Å². The number of nitrogens with zero attached hydrogens (tertiary/aromatic N) is 3. The first-order valence-corrected chi connectivity index (χ1v) is 10.1. The maximum absolute atomic E-state index is 12.6. The zero-order valence-corrected chi connectivity index (χ0v) is 17.4. The molecule has 0 saturated heterocycles. The summed E-state index contributed by atoms with van der Waals surface area (Å²) in [5, 5.41) is 11.9. The SMILES string of the molecule is CC[C@@H](Sc1nnc(-c2ccc(N)cc2)n1C)C(=O)Nc1ccc(Br)cc1.